The van der Waals surface area contributed by atoms with Crippen molar-refractivity contribution in [3.8, 4) is 0 Å². The molecule has 1 heterocycles. The van der Waals surface area contributed by atoms with E-state index in [9.17, 15) is 14.7 Å². The van der Waals surface area contributed by atoms with Gasteiger partial charge in [0.05, 0.1) is 11.8 Å². The molecule has 1 atom stereocenters. The molecule has 0 aliphatic heterocycles. The molecule has 6 heteroatoms. The van der Waals surface area contributed by atoms with Crippen molar-refractivity contribution < 1.29 is 9.90 Å². The van der Waals surface area contributed by atoms with Crippen molar-refractivity contribution in [3.63, 3.8) is 0 Å². The Bertz CT molecular complexity index is 547. The smallest absolute Gasteiger partial charge is 0.279 e. The Morgan fingerprint density at radius 3 is 2.60 bits per heavy atom. The second-order valence-electron chi connectivity index (χ2n) is 6.02. The van der Waals surface area contributed by atoms with E-state index in [0.717, 1.165) is 0 Å². The van der Waals surface area contributed by atoms with Gasteiger partial charge in [-0.05, 0) is 32.6 Å². The number of carbonyl (C=O) groups is 1. The molecule has 20 heavy (non-hydrogen) atoms. The van der Waals surface area contributed by atoms with Crippen molar-refractivity contribution in [2.24, 2.45) is 5.41 Å². The molecule has 0 aromatic carbocycles. The molecule has 6 nitrogen and oxygen atoms in total. The maximum Gasteiger partial charge on any atom is 0.279 e. The number of nitrogens with zero attached hydrogens (tertiary/aromatic N) is 1. The van der Waals surface area contributed by atoms with E-state index in [-0.39, 0.29) is 11.1 Å². The molecule has 112 valence electrons. The Morgan fingerprint density at radius 1 is 1.45 bits per heavy atom. The van der Waals surface area contributed by atoms with E-state index in [1.165, 1.54) is 0 Å². The number of H-pyrrole nitrogens is 1. The number of hydrogen-bond donors (Lipinski definition) is 3. The number of carbonyl (C=O) groups excluding carboxylic acids is 1. The van der Waals surface area contributed by atoms with Gasteiger partial charge in [-0.1, -0.05) is 13.8 Å². The van der Waals surface area contributed by atoms with Gasteiger partial charge < -0.3 is 15.4 Å². The van der Waals surface area contributed by atoms with E-state index in [4.69, 9.17) is 0 Å². The standard InChI is InChI=1S/C14H23N3O3/c1-8(18)6-14(4,5)7-15-12(19)11-13(20)17-10(3)9(2)16-11/h8,18H,6-7H2,1-5H3,(H,15,19)(H,17,20). The van der Waals surface area contributed by atoms with Gasteiger partial charge in [0.2, 0.25) is 0 Å². The molecule has 0 radical (unpaired) electrons. The van der Waals surface area contributed by atoms with Gasteiger partial charge >= 0.3 is 0 Å². The zero-order valence-corrected chi connectivity index (χ0v) is 12.7. The van der Waals surface area contributed by atoms with Gasteiger partial charge in [-0.2, -0.15) is 0 Å². The third kappa shape index (κ3) is 4.45. The Hall–Kier alpha value is -1.69. The van der Waals surface area contributed by atoms with Crippen molar-refractivity contribution in [1.29, 1.82) is 0 Å². The number of hydrogen-bond acceptors (Lipinski definition) is 4. The third-order valence-electron chi connectivity index (χ3n) is 3.13. The maximum absolute atomic E-state index is 12.0. The summed E-state index contributed by atoms with van der Waals surface area (Å²) in [6, 6.07) is 0. The van der Waals surface area contributed by atoms with E-state index in [2.05, 4.69) is 15.3 Å². The average Bonchev–Trinajstić information content (AvgIpc) is 2.29. The molecule has 1 rings (SSSR count). The van der Waals surface area contributed by atoms with Crippen LogP contribution in [0.2, 0.25) is 0 Å². The van der Waals surface area contributed by atoms with Crippen LogP contribution in [0.15, 0.2) is 4.79 Å². The van der Waals surface area contributed by atoms with Crippen molar-refractivity contribution in [3.05, 3.63) is 27.4 Å². The molecule has 0 saturated heterocycles. The number of aromatic nitrogens is 2. The molecule has 0 fully saturated rings. The Labute approximate surface area is 118 Å². The van der Waals surface area contributed by atoms with Crippen LogP contribution < -0.4 is 10.9 Å². The van der Waals surface area contributed by atoms with Crippen LogP contribution in [0.5, 0.6) is 0 Å². The lowest BCUT2D eigenvalue weighted by molar-refractivity contribution is 0.0895. The fourth-order valence-electron chi connectivity index (χ4n) is 2.05. The van der Waals surface area contributed by atoms with E-state index in [1.807, 2.05) is 13.8 Å². The first-order chi connectivity index (χ1) is 9.12. The van der Waals surface area contributed by atoms with Gasteiger partial charge in [0.15, 0.2) is 5.69 Å². The number of aryl methyl sites for hydroxylation is 2. The molecule has 0 saturated carbocycles. The summed E-state index contributed by atoms with van der Waals surface area (Å²) >= 11 is 0. The zero-order chi connectivity index (χ0) is 15.5. The summed E-state index contributed by atoms with van der Waals surface area (Å²) in [6.45, 7) is 9.43. The average molecular weight is 281 g/mol. The summed E-state index contributed by atoms with van der Waals surface area (Å²) in [4.78, 5) is 30.3. The fourth-order valence-corrected chi connectivity index (χ4v) is 2.05. The van der Waals surface area contributed by atoms with Gasteiger partial charge in [-0.25, -0.2) is 4.98 Å². The van der Waals surface area contributed by atoms with Crippen molar-refractivity contribution in [2.45, 2.75) is 47.1 Å². The van der Waals surface area contributed by atoms with Gasteiger partial charge in [-0.15, -0.1) is 0 Å². The van der Waals surface area contributed by atoms with Crippen molar-refractivity contribution in [1.82, 2.24) is 15.3 Å². The highest BCUT2D eigenvalue weighted by molar-refractivity contribution is 5.91. The molecular formula is C14H23N3O3. The number of aliphatic hydroxyl groups is 1. The fraction of sp³-hybridized carbons (Fsp3) is 0.643. The minimum absolute atomic E-state index is 0.124. The predicted octanol–water partition coefficient (Wildman–Crippen LogP) is 0.914. The molecule has 0 aliphatic carbocycles. The summed E-state index contributed by atoms with van der Waals surface area (Å²) in [6.07, 6.45) is 0.120. The first-order valence-electron chi connectivity index (χ1n) is 6.66. The number of nitrogens with one attached hydrogen (secondary N) is 2. The number of aromatic amines is 1. The second-order valence-corrected chi connectivity index (χ2v) is 6.02. The third-order valence-corrected chi connectivity index (χ3v) is 3.13. The quantitative estimate of drug-likeness (QED) is 0.747. The highest BCUT2D eigenvalue weighted by Gasteiger charge is 2.22. The van der Waals surface area contributed by atoms with Crippen molar-refractivity contribution in [2.75, 3.05) is 6.54 Å². The van der Waals surface area contributed by atoms with Crippen LogP contribution in [-0.2, 0) is 0 Å². The summed E-state index contributed by atoms with van der Waals surface area (Å²) in [5.74, 6) is -0.493. The molecule has 1 aromatic rings. The Balaban J connectivity index is 2.78. The van der Waals surface area contributed by atoms with Crippen LogP contribution >= 0.6 is 0 Å². The highest BCUT2D eigenvalue weighted by atomic mass is 16.3. The first kappa shape index (κ1) is 16.4. The molecule has 1 unspecified atom stereocenters. The maximum atomic E-state index is 12.0. The van der Waals surface area contributed by atoms with Gasteiger partial charge in [0.1, 0.15) is 0 Å². The first-order valence-corrected chi connectivity index (χ1v) is 6.66. The second kappa shape index (κ2) is 6.17. The molecule has 0 aliphatic rings. The van der Waals surface area contributed by atoms with Gasteiger partial charge in [0.25, 0.3) is 11.5 Å². The van der Waals surface area contributed by atoms with Gasteiger partial charge in [0, 0.05) is 12.2 Å². The Morgan fingerprint density at radius 2 is 2.05 bits per heavy atom. The van der Waals surface area contributed by atoms with Crippen LogP contribution in [0.25, 0.3) is 0 Å². The number of amides is 1. The summed E-state index contributed by atoms with van der Waals surface area (Å²) in [7, 11) is 0. The predicted molar refractivity (Wildman–Crippen MR) is 76.7 cm³/mol. The normalized spacial score (nSPS) is 13.1. The van der Waals surface area contributed by atoms with Crippen LogP contribution in [-0.4, -0.2) is 33.6 Å². The monoisotopic (exact) mass is 281 g/mol. The number of rotatable bonds is 5. The summed E-state index contributed by atoms with van der Waals surface area (Å²) in [5, 5.41) is 12.1. The SMILES string of the molecule is Cc1nc(C(=O)NCC(C)(C)CC(C)O)c(=O)[nH]c1C. The van der Waals surface area contributed by atoms with E-state index < -0.39 is 17.6 Å². The minimum Gasteiger partial charge on any atom is -0.393 e. The molecular weight excluding hydrogens is 258 g/mol. The van der Waals surface area contributed by atoms with Crippen LogP contribution in [0, 0.1) is 19.3 Å². The van der Waals surface area contributed by atoms with Crippen LogP contribution in [0.3, 0.4) is 0 Å². The molecule has 1 amide bonds. The molecule has 0 spiro atoms. The topological polar surface area (TPSA) is 95.1 Å². The minimum atomic E-state index is -0.493. The number of aliphatic hydroxyl groups excluding tert-OH is 1. The highest BCUT2D eigenvalue weighted by Crippen LogP contribution is 2.21. The van der Waals surface area contributed by atoms with Crippen LogP contribution in [0.4, 0.5) is 0 Å². The largest absolute Gasteiger partial charge is 0.393 e. The van der Waals surface area contributed by atoms with E-state index in [0.29, 0.717) is 24.4 Å². The lowest BCUT2D eigenvalue weighted by atomic mass is 9.87. The Kier molecular flexibility index (Phi) is 5.05. The van der Waals surface area contributed by atoms with E-state index >= 15 is 0 Å². The summed E-state index contributed by atoms with van der Waals surface area (Å²) in [5.41, 5.74) is 0.412. The molecule has 0 bridgehead atoms. The van der Waals surface area contributed by atoms with Gasteiger partial charge in [-0.3, -0.25) is 9.59 Å². The van der Waals surface area contributed by atoms with E-state index in [1.54, 1.807) is 20.8 Å². The lowest BCUT2D eigenvalue weighted by Gasteiger charge is -2.26. The molecule has 1 aromatic heterocycles. The molecule has 3 N–H and O–H groups in total. The lowest BCUT2D eigenvalue weighted by Crippen LogP contribution is -2.38. The summed E-state index contributed by atoms with van der Waals surface area (Å²) < 4.78 is 0. The van der Waals surface area contributed by atoms with Crippen molar-refractivity contribution >= 4 is 5.91 Å². The van der Waals surface area contributed by atoms with Crippen LogP contribution in [0.1, 0.15) is 49.1 Å². The zero-order valence-electron chi connectivity index (χ0n) is 12.7.